The number of thioether (sulfide) groups is 1. The standard InChI is InChI=1S/C27H30N2O4S/c1-18-24(17-34-25-5-3-4-14-28-25)32-27(23-12-6-20(7-13-23)15-29-19(2)31)33-26(18)22-10-8-21(16-30)9-11-22/h3-14,18,24,26-27,30H,15-17H2,1-2H3,(H,29,31)/t18-,24+,26+,27+/m1/s1. The number of carbonyl (C=O) groups is 1. The fraction of sp³-hybridized carbons (Fsp3) is 0.333. The predicted molar refractivity (Wildman–Crippen MR) is 132 cm³/mol. The van der Waals surface area contributed by atoms with Crippen molar-refractivity contribution < 1.29 is 19.4 Å². The Bertz CT molecular complexity index is 1060. The van der Waals surface area contributed by atoms with Crippen LogP contribution in [0.3, 0.4) is 0 Å². The van der Waals surface area contributed by atoms with Gasteiger partial charge < -0.3 is 19.9 Å². The van der Waals surface area contributed by atoms with Gasteiger partial charge in [-0.1, -0.05) is 61.5 Å². The highest BCUT2D eigenvalue weighted by Crippen LogP contribution is 2.42. The number of ether oxygens (including phenoxy) is 2. The summed E-state index contributed by atoms with van der Waals surface area (Å²) >= 11 is 1.68. The van der Waals surface area contributed by atoms with Crippen molar-refractivity contribution in [3.05, 3.63) is 95.2 Å². The Kier molecular flexibility index (Phi) is 8.34. The summed E-state index contributed by atoms with van der Waals surface area (Å²) in [6.45, 7) is 4.17. The van der Waals surface area contributed by atoms with Crippen LogP contribution in [0.2, 0.25) is 0 Å². The van der Waals surface area contributed by atoms with Gasteiger partial charge in [0, 0.05) is 36.9 Å². The topological polar surface area (TPSA) is 80.7 Å². The Morgan fingerprint density at radius 2 is 1.71 bits per heavy atom. The smallest absolute Gasteiger partial charge is 0.217 e. The number of pyridine rings is 1. The highest BCUT2D eigenvalue weighted by molar-refractivity contribution is 7.99. The number of aliphatic hydroxyl groups excluding tert-OH is 1. The summed E-state index contributed by atoms with van der Waals surface area (Å²) in [5, 5.41) is 13.2. The minimum Gasteiger partial charge on any atom is -0.392 e. The molecule has 2 heterocycles. The van der Waals surface area contributed by atoms with E-state index in [1.807, 2.05) is 66.7 Å². The molecule has 4 rings (SSSR count). The van der Waals surface area contributed by atoms with Gasteiger partial charge in [-0.25, -0.2) is 4.98 Å². The van der Waals surface area contributed by atoms with Crippen molar-refractivity contribution in [2.24, 2.45) is 5.92 Å². The minimum absolute atomic E-state index is 0.0151. The van der Waals surface area contributed by atoms with Crippen LogP contribution in [0.4, 0.5) is 0 Å². The first-order valence-corrected chi connectivity index (χ1v) is 12.4. The van der Waals surface area contributed by atoms with E-state index in [0.29, 0.717) is 6.54 Å². The molecule has 2 N–H and O–H groups in total. The van der Waals surface area contributed by atoms with E-state index in [2.05, 4.69) is 17.2 Å². The molecule has 0 spiro atoms. The maximum Gasteiger partial charge on any atom is 0.217 e. The summed E-state index contributed by atoms with van der Waals surface area (Å²) in [6.07, 6.45) is 1.09. The van der Waals surface area contributed by atoms with Gasteiger partial charge in [0.25, 0.3) is 0 Å². The van der Waals surface area contributed by atoms with Crippen LogP contribution >= 0.6 is 11.8 Å². The SMILES string of the molecule is CC(=O)NCc1ccc([C@H]2O[C@@H](CSc3ccccn3)[C@@H](C)[C@@H](c3ccc(CO)cc3)O2)cc1. The van der Waals surface area contributed by atoms with Crippen LogP contribution < -0.4 is 5.32 Å². The van der Waals surface area contributed by atoms with Crippen LogP contribution in [0.5, 0.6) is 0 Å². The van der Waals surface area contributed by atoms with Gasteiger partial charge in [-0.05, 0) is 28.8 Å². The van der Waals surface area contributed by atoms with E-state index in [0.717, 1.165) is 33.0 Å². The summed E-state index contributed by atoms with van der Waals surface area (Å²) in [4.78, 5) is 15.6. The highest BCUT2D eigenvalue weighted by atomic mass is 32.2. The van der Waals surface area contributed by atoms with E-state index in [1.54, 1.807) is 18.0 Å². The average Bonchev–Trinajstić information content (AvgIpc) is 2.88. The Morgan fingerprint density at radius 3 is 2.35 bits per heavy atom. The quantitative estimate of drug-likeness (QED) is 0.453. The number of hydrogen-bond donors (Lipinski definition) is 2. The third kappa shape index (κ3) is 6.24. The lowest BCUT2D eigenvalue weighted by Crippen LogP contribution is -2.38. The van der Waals surface area contributed by atoms with Gasteiger partial charge in [0.05, 0.1) is 23.8 Å². The molecule has 0 bridgehead atoms. The number of nitrogens with zero attached hydrogens (tertiary/aromatic N) is 1. The number of nitrogens with one attached hydrogen (secondary N) is 1. The number of rotatable bonds is 8. The first-order valence-electron chi connectivity index (χ1n) is 11.4. The van der Waals surface area contributed by atoms with Crippen molar-refractivity contribution in [2.45, 2.75) is 50.5 Å². The molecule has 7 heteroatoms. The zero-order valence-corrected chi connectivity index (χ0v) is 20.2. The maximum atomic E-state index is 11.2. The van der Waals surface area contributed by atoms with E-state index >= 15 is 0 Å². The van der Waals surface area contributed by atoms with Crippen LogP contribution in [0.1, 0.15) is 48.5 Å². The van der Waals surface area contributed by atoms with Crippen molar-refractivity contribution in [1.82, 2.24) is 10.3 Å². The predicted octanol–water partition coefficient (Wildman–Crippen LogP) is 4.79. The molecule has 1 saturated heterocycles. The van der Waals surface area contributed by atoms with Gasteiger partial charge in [-0.15, -0.1) is 11.8 Å². The molecule has 1 aliphatic rings. The summed E-state index contributed by atoms with van der Waals surface area (Å²) in [6, 6.07) is 21.8. The molecule has 6 nitrogen and oxygen atoms in total. The number of aliphatic hydroxyl groups is 1. The van der Waals surface area contributed by atoms with Crippen molar-refractivity contribution >= 4 is 17.7 Å². The molecule has 1 aliphatic heterocycles. The van der Waals surface area contributed by atoms with Gasteiger partial charge in [0.2, 0.25) is 5.91 Å². The molecule has 1 fully saturated rings. The van der Waals surface area contributed by atoms with Crippen LogP contribution in [0, 0.1) is 5.92 Å². The molecule has 178 valence electrons. The molecule has 0 radical (unpaired) electrons. The van der Waals surface area contributed by atoms with Gasteiger partial charge in [0.15, 0.2) is 6.29 Å². The summed E-state index contributed by atoms with van der Waals surface area (Å²) in [5.74, 6) is 0.816. The molecular weight excluding hydrogens is 448 g/mol. The summed E-state index contributed by atoms with van der Waals surface area (Å²) in [5.41, 5.74) is 3.88. The number of aromatic nitrogens is 1. The Hall–Kier alpha value is -2.71. The molecule has 34 heavy (non-hydrogen) atoms. The molecule has 0 aliphatic carbocycles. The molecule has 0 unspecified atom stereocenters. The second kappa shape index (κ2) is 11.6. The van der Waals surface area contributed by atoms with Crippen LogP contribution in [0.15, 0.2) is 78.0 Å². The molecule has 0 saturated carbocycles. The van der Waals surface area contributed by atoms with Gasteiger partial charge in [-0.3, -0.25) is 4.79 Å². The minimum atomic E-state index is -0.511. The fourth-order valence-corrected chi connectivity index (χ4v) is 4.96. The zero-order valence-electron chi connectivity index (χ0n) is 19.4. The van der Waals surface area contributed by atoms with Crippen molar-refractivity contribution in [1.29, 1.82) is 0 Å². The average molecular weight is 479 g/mol. The number of carbonyl (C=O) groups excluding carboxylic acids is 1. The fourth-order valence-electron chi connectivity index (χ4n) is 3.93. The van der Waals surface area contributed by atoms with Crippen LogP contribution in [0.25, 0.3) is 0 Å². The Balaban J connectivity index is 1.54. The zero-order chi connectivity index (χ0) is 23.9. The van der Waals surface area contributed by atoms with E-state index in [1.165, 1.54) is 6.92 Å². The van der Waals surface area contributed by atoms with Crippen molar-refractivity contribution in [3.63, 3.8) is 0 Å². The third-order valence-electron chi connectivity index (χ3n) is 5.95. The molecule has 4 atom stereocenters. The summed E-state index contributed by atoms with van der Waals surface area (Å²) < 4.78 is 12.9. The molecule has 1 amide bonds. The normalized spacial score (nSPS) is 22.3. The first-order chi connectivity index (χ1) is 16.5. The Morgan fingerprint density at radius 1 is 1.00 bits per heavy atom. The van der Waals surface area contributed by atoms with Crippen LogP contribution in [-0.4, -0.2) is 27.9 Å². The monoisotopic (exact) mass is 478 g/mol. The van der Waals surface area contributed by atoms with E-state index in [4.69, 9.17) is 9.47 Å². The van der Waals surface area contributed by atoms with Gasteiger partial charge in [-0.2, -0.15) is 0 Å². The number of hydrogen-bond acceptors (Lipinski definition) is 6. The van der Waals surface area contributed by atoms with Gasteiger partial charge in [0.1, 0.15) is 0 Å². The number of benzene rings is 2. The summed E-state index contributed by atoms with van der Waals surface area (Å²) in [7, 11) is 0. The first kappa shape index (κ1) is 24.4. The lowest BCUT2D eigenvalue weighted by molar-refractivity contribution is -0.268. The second-order valence-corrected chi connectivity index (χ2v) is 9.49. The van der Waals surface area contributed by atoms with E-state index in [9.17, 15) is 9.90 Å². The largest absolute Gasteiger partial charge is 0.392 e. The van der Waals surface area contributed by atoms with E-state index < -0.39 is 6.29 Å². The van der Waals surface area contributed by atoms with Crippen LogP contribution in [-0.2, 0) is 27.4 Å². The highest BCUT2D eigenvalue weighted by Gasteiger charge is 2.38. The molecule has 2 aromatic carbocycles. The van der Waals surface area contributed by atoms with Gasteiger partial charge >= 0.3 is 0 Å². The third-order valence-corrected chi connectivity index (χ3v) is 6.98. The molecule has 1 aromatic heterocycles. The van der Waals surface area contributed by atoms with Crippen molar-refractivity contribution in [3.8, 4) is 0 Å². The lowest BCUT2D eigenvalue weighted by Gasteiger charge is -2.41. The number of amides is 1. The van der Waals surface area contributed by atoms with E-state index in [-0.39, 0.29) is 30.6 Å². The van der Waals surface area contributed by atoms with Crippen molar-refractivity contribution in [2.75, 3.05) is 5.75 Å². The molecule has 3 aromatic rings. The second-order valence-electron chi connectivity index (χ2n) is 8.45. The Labute approximate surface area is 204 Å². The maximum absolute atomic E-state index is 11.2. The molecular formula is C27H30N2O4S. The lowest BCUT2D eigenvalue weighted by atomic mass is 9.91.